The molecule has 1 aromatic heterocycles. The Morgan fingerprint density at radius 2 is 2.06 bits per heavy atom. The van der Waals surface area contributed by atoms with Crippen LogP contribution in [0.15, 0.2) is 0 Å². The van der Waals surface area contributed by atoms with Crippen LogP contribution in [0.5, 0.6) is 0 Å². The molecule has 1 aliphatic heterocycles. The molecule has 0 spiro atoms. The topological polar surface area (TPSA) is 45.3 Å². The number of aromatic nitrogens is 1. The summed E-state index contributed by atoms with van der Waals surface area (Å²) in [5.74, 6) is 0. The number of rotatable bonds is 3. The van der Waals surface area contributed by atoms with Crippen molar-refractivity contribution in [3.63, 3.8) is 0 Å². The lowest BCUT2D eigenvalue weighted by Crippen LogP contribution is -2.35. The normalized spacial score (nSPS) is 17.6. The summed E-state index contributed by atoms with van der Waals surface area (Å²) in [6.07, 6.45) is 0.894. The maximum atomic E-state index is 10.8. The predicted octanol–water partition coefficient (Wildman–Crippen LogP) is 1.28. The van der Waals surface area contributed by atoms with Gasteiger partial charge in [-0.2, -0.15) is 0 Å². The van der Waals surface area contributed by atoms with E-state index in [1.807, 2.05) is 13.8 Å². The zero-order valence-corrected chi connectivity index (χ0v) is 9.88. The molecule has 2 rings (SSSR count). The van der Waals surface area contributed by atoms with E-state index in [0.717, 1.165) is 50.4 Å². The first-order valence-corrected chi connectivity index (χ1v) is 5.65. The summed E-state index contributed by atoms with van der Waals surface area (Å²) in [5, 5.41) is 0. The maximum Gasteiger partial charge on any atom is 0.166 e. The first-order valence-electron chi connectivity index (χ1n) is 5.65. The Bertz CT molecular complexity index is 379. The molecule has 0 amide bonds. The van der Waals surface area contributed by atoms with Crippen LogP contribution in [-0.4, -0.2) is 42.5 Å². The number of carbonyl (C=O) groups is 1. The number of carbonyl (C=O) groups excluding carboxylic acids is 1. The third-order valence-electron chi connectivity index (χ3n) is 3.23. The highest BCUT2D eigenvalue weighted by Crippen LogP contribution is 2.19. The van der Waals surface area contributed by atoms with Crippen molar-refractivity contribution in [3.05, 3.63) is 22.5 Å². The van der Waals surface area contributed by atoms with Gasteiger partial charge in [0.25, 0.3) is 0 Å². The van der Waals surface area contributed by atoms with E-state index in [-0.39, 0.29) is 0 Å². The minimum absolute atomic E-state index is 0.709. The van der Waals surface area contributed by atoms with Crippen molar-refractivity contribution in [1.82, 2.24) is 9.88 Å². The van der Waals surface area contributed by atoms with Crippen LogP contribution >= 0.6 is 0 Å². The number of hydrogen-bond donors (Lipinski definition) is 1. The highest BCUT2D eigenvalue weighted by molar-refractivity contribution is 5.75. The molecule has 0 atom stereocenters. The van der Waals surface area contributed by atoms with E-state index in [2.05, 4.69) is 9.88 Å². The van der Waals surface area contributed by atoms with Crippen LogP contribution in [0.1, 0.15) is 27.3 Å². The van der Waals surface area contributed by atoms with Gasteiger partial charge in [-0.1, -0.05) is 0 Å². The number of aromatic amines is 1. The zero-order chi connectivity index (χ0) is 11.5. The van der Waals surface area contributed by atoms with E-state index in [1.54, 1.807) is 0 Å². The average molecular weight is 222 g/mol. The summed E-state index contributed by atoms with van der Waals surface area (Å²) < 4.78 is 5.32. The minimum Gasteiger partial charge on any atom is -0.379 e. The van der Waals surface area contributed by atoms with Crippen LogP contribution in [0.25, 0.3) is 0 Å². The van der Waals surface area contributed by atoms with Crippen LogP contribution in [0.2, 0.25) is 0 Å². The maximum absolute atomic E-state index is 10.8. The van der Waals surface area contributed by atoms with Crippen molar-refractivity contribution in [1.29, 1.82) is 0 Å². The molecular weight excluding hydrogens is 204 g/mol. The van der Waals surface area contributed by atoms with Gasteiger partial charge >= 0.3 is 0 Å². The SMILES string of the molecule is Cc1[nH]c(C=O)c(C)c1CN1CCOCC1. The van der Waals surface area contributed by atoms with Crippen molar-refractivity contribution >= 4 is 6.29 Å². The number of nitrogens with zero attached hydrogens (tertiary/aromatic N) is 1. The molecule has 88 valence electrons. The van der Waals surface area contributed by atoms with Gasteiger partial charge in [-0.15, -0.1) is 0 Å². The van der Waals surface area contributed by atoms with Gasteiger partial charge in [-0.25, -0.2) is 0 Å². The van der Waals surface area contributed by atoms with Crippen molar-refractivity contribution in [3.8, 4) is 0 Å². The molecule has 4 nitrogen and oxygen atoms in total. The quantitative estimate of drug-likeness (QED) is 0.783. The molecule has 1 saturated heterocycles. The number of nitrogens with one attached hydrogen (secondary N) is 1. The van der Waals surface area contributed by atoms with E-state index in [1.165, 1.54) is 5.56 Å². The third kappa shape index (κ3) is 2.18. The molecule has 0 aliphatic carbocycles. The fourth-order valence-corrected chi connectivity index (χ4v) is 2.15. The second kappa shape index (κ2) is 4.80. The Morgan fingerprint density at radius 3 is 2.62 bits per heavy atom. The van der Waals surface area contributed by atoms with Crippen LogP contribution in [-0.2, 0) is 11.3 Å². The molecule has 0 aromatic carbocycles. The zero-order valence-electron chi connectivity index (χ0n) is 9.88. The number of morpholine rings is 1. The van der Waals surface area contributed by atoms with Gasteiger partial charge in [-0.05, 0) is 25.0 Å². The second-order valence-electron chi connectivity index (χ2n) is 4.27. The summed E-state index contributed by atoms with van der Waals surface area (Å²) in [7, 11) is 0. The van der Waals surface area contributed by atoms with Gasteiger partial charge in [-0.3, -0.25) is 9.69 Å². The molecule has 4 heteroatoms. The number of aldehydes is 1. The van der Waals surface area contributed by atoms with E-state index < -0.39 is 0 Å². The number of ether oxygens (including phenoxy) is 1. The van der Waals surface area contributed by atoms with Crippen LogP contribution in [0.3, 0.4) is 0 Å². The van der Waals surface area contributed by atoms with Crippen molar-refractivity contribution < 1.29 is 9.53 Å². The lowest BCUT2D eigenvalue weighted by Gasteiger charge is -2.26. The number of hydrogen-bond acceptors (Lipinski definition) is 3. The van der Waals surface area contributed by atoms with E-state index in [0.29, 0.717) is 5.69 Å². The van der Waals surface area contributed by atoms with Crippen LogP contribution in [0, 0.1) is 13.8 Å². The fraction of sp³-hybridized carbons (Fsp3) is 0.583. The summed E-state index contributed by atoms with van der Waals surface area (Å²) >= 11 is 0. The van der Waals surface area contributed by atoms with Gasteiger partial charge in [0.1, 0.15) is 0 Å². The van der Waals surface area contributed by atoms with Gasteiger partial charge in [0.2, 0.25) is 0 Å². The van der Waals surface area contributed by atoms with Gasteiger partial charge in [0.05, 0.1) is 18.9 Å². The standard InChI is InChI=1S/C12H18N2O2/c1-9-11(10(2)13-12(9)8-15)7-14-3-5-16-6-4-14/h8,13H,3-7H2,1-2H3. The van der Waals surface area contributed by atoms with Gasteiger partial charge in [0, 0.05) is 25.3 Å². The Morgan fingerprint density at radius 1 is 1.38 bits per heavy atom. The Balaban J connectivity index is 2.13. The van der Waals surface area contributed by atoms with Crippen LogP contribution < -0.4 is 0 Å². The largest absolute Gasteiger partial charge is 0.379 e. The summed E-state index contributed by atoms with van der Waals surface area (Å²) in [6.45, 7) is 8.50. The lowest BCUT2D eigenvalue weighted by atomic mass is 10.1. The third-order valence-corrected chi connectivity index (χ3v) is 3.23. The monoisotopic (exact) mass is 222 g/mol. The molecule has 0 saturated carbocycles. The van der Waals surface area contributed by atoms with E-state index in [9.17, 15) is 4.79 Å². The first kappa shape index (κ1) is 11.4. The fourth-order valence-electron chi connectivity index (χ4n) is 2.15. The Labute approximate surface area is 95.6 Å². The van der Waals surface area contributed by atoms with Crippen molar-refractivity contribution in [2.75, 3.05) is 26.3 Å². The highest BCUT2D eigenvalue weighted by Gasteiger charge is 2.16. The van der Waals surface area contributed by atoms with Crippen molar-refractivity contribution in [2.24, 2.45) is 0 Å². The Hall–Kier alpha value is -1.13. The van der Waals surface area contributed by atoms with Gasteiger partial charge in [0.15, 0.2) is 6.29 Å². The Kier molecular flexibility index (Phi) is 3.41. The molecule has 1 fully saturated rings. The van der Waals surface area contributed by atoms with Crippen LogP contribution in [0.4, 0.5) is 0 Å². The second-order valence-corrected chi connectivity index (χ2v) is 4.27. The summed E-state index contributed by atoms with van der Waals surface area (Å²) in [4.78, 5) is 16.3. The number of aryl methyl sites for hydroxylation is 1. The molecule has 1 aromatic rings. The number of H-pyrrole nitrogens is 1. The molecule has 0 unspecified atom stereocenters. The van der Waals surface area contributed by atoms with E-state index >= 15 is 0 Å². The first-order chi connectivity index (χ1) is 7.72. The molecule has 0 bridgehead atoms. The van der Waals surface area contributed by atoms with Gasteiger partial charge < -0.3 is 9.72 Å². The highest BCUT2D eigenvalue weighted by atomic mass is 16.5. The minimum atomic E-state index is 0.709. The molecule has 0 radical (unpaired) electrons. The van der Waals surface area contributed by atoms with Crippen molar-refractivity contribution in [2.45, 2.75) is 20.4 Å². The smallest absolute Gasteiger partial charge is 0.166 e. The molecule has 1 aliphatic rings. The molecule has 2 heterocycles. The molecular formula is C12H18N2O2. The molecule has 16 heavy (non-hydrogen) atoms. The molecule has 1 N–H and O–H groups in total. The average Bonchev–Trinajstić information content (AvgIpc) is 2.58. The lowest BCUT2D eigenvalue weighted by molar-refractivity contribution is 0.0340. The summed E-state index contributed by atoms with van der Waals surface area (Å²) in [5.41, 5.74) is 4.15. The predicted molar refractivity (Wildman–Crippen MR) is 61.8 cm³/mol. The summed E-state index contributed by atoms with van der Waals surface area (Å²) in [6, 6.07) is 0. The van der Waals surface area contributed by atoms with E-state index in [4.69, 9.17) is 4.74 Å².